The van der Waals surface area contributed by atoms with Gasteiger partial charge in [0, 0.05) is 23.0 Å². The summed E-state index contributed by atoms with van der Waals surface area (Å²) in [5.41, 5.74) is 1.07. The lowest BCUT2D eigenvalue weighted by atomic mass is 10.1. The number of likely N-dealkylation sites (tertiary alicyclic amines) is 1. The molecule has 1 heterocycles. The van der Waals surface area contributed by atoms with Gasteiger partial charge in [0.25, 0.3) is 5.92 Å². The van der Waals surface area contributed by atoms with Gasteiger partial charge >= 0.3 is 0 Å². The van der Waals surface area contributed by atoms with Gasteiger partial charge in [-0.25, -0.2) is 8.78 Å². The lowest BCUT2D eigenvalue weighted by molar-refractivity contribution is -0.0644. The summed E-state index contributed by atoms with van der Waals surface area (Å²) in [6.45, 7) is 3.88. The molecule has 112 valence electrons. The van der Waals surface area contributed by atoms with Gasteiger partial charge in [0.15, 0.2) is 0 Å². The molecule has 1 aromatic carbocycles. The van der Waals surface area contributed by atoms with E-state index >= 15 is 0 Å². The van der Waals surface area contributed by atoms with Crippen molar-refractivity contribution in [2.45, 2.75) is 32.1 Å². The number of rotatable bonds is 5. The maximum absolute atomic E-state index is 13.2. The van der Waals surface area contributed by atoms with E-state index in [1.165, 1.54) is 0 Å². The van der Waals surface area contributed by atoms with E-state index < -0.39 is 5.92 Å². The minimum Gasteiger partial charge on any atom is -0.493 e. The van der Waals surface area contributed by atoms with Gasteiger partial charge in [0.2, 0.25) is 0 Å². The topological polar surface area (TPSA) is 12.5 Å². The van der Waals surface area contributed by atoms with Crippen LogP contribution in [0.15, 0.2) is 22.7 Å². The number of halogens is 3. The van der Waals surface area contributed by atoms with Crippen molar-refractivity contribution in [3.63, 3.8) is 0 Å². The molecule has 1 fully saturated rings. The van der Waals surface area contributed by atoms with Gasteiger partial charge in [-0.2, -0.15) is 0 Å². The summed E-state index contributed by atoms with van der Waals surface area (Å²) in [7, 11) is 0. The third kappa shape index (κ3) is 4.42. The Balaban J connectivity index is 1.73. The molecule has 2 nitrogen and oxygen atoms in total. The third-order valence-corrected chi connectivity index (χ3v) is 4.43. The molecule has 1 aliphatic rings. The minimum absolute atomic E-state index is 0.0250. The number of hydrogen-bond donors (Lipinski definition) is 0. The predicted octanol–water partition coefficient (Wildman–Crippen LogP) is 4.26. The van der Waals surface area contributed by atoms with Crippen molar-refractivity contribution in [1.82, 2.24) is 4.90 Å². The molecule has 0 aliphatic carbocycles. The van der Waals surface area contributed by atoms with Crippen molar-refractivity contribution >= 4 is 15.9 Å². The molecule has 0 aromatic heterocycles. The highest BCUT2D eigenvalue weighted by molar-refractivity contribution is 9.10. The Morgan fingerprint density at radius 3 is 2.95 bits per heavy atom. The highest BCUT2D eigenvalue weighted by Crippen LogP contribution is 2.27. The number of benzene rings is 1. The largest absolute Gasteiger partial charge is 0.493 e. The second kappa shape index (κ2) is 6.85. The van der Waals surface area contributed by atoms with Gasteiger partial charge in [-0.05, 0) is 38.4 Å². The van der Waals surface area contributed by atoms with E-state index in [2.05, 4.69) is 15.9 Å². The van der Waals surface area contributed by atoms with Crippen molar-refractivity contribution in [3.05, 3.63) is 28.2 Å². The molecule has 5 heteroatoms. The average Bonchev–Trinajstić information content (AvgIpc) is 2.38. The minimum atomic E-state index is -2.51. The van der Waals surface area contributed by atoms with E-state index in [0.717, 1.165) is 28.8 Å². The molecule has 1 saturated heterocycles. The molecule has 0 bridgehead atoms. The normalized spacial score (nSPS) is 19.0. The molecule has 1 aromatic rings. The maximum atomic E-state index is 13.2. The highest BCUT2D eigenvalue weighted by Gasteiger charge is 2.34. The monoisotopic (exact) mass is 347 g/mol. The molecule has 0 amide bonds. The Kier molecular flexibility index (Phi) is 5.38. The van der Waals surface area contributed by atoms with Crippen molar-refractivity contribution in [1.29, 1.82) is 0 Å². The van der Waals surface area contributed by atoms with Crippen molar-refractivity contribution in [2.24, 2.45) is 0 Å². The van der Waals surface area contributed by atoms with Crippen LogP contribution in [0.5, 0.6) is 5.75 Å². The number of hydrogen-bond acceptors (Lipinski definition) is 2. The van der Waals surface area contributed by atoms with E-state index in [1.54, 1.807) is 0 Å². The third-order valence-electron chi connectivity index (χ3n) is 3.57. The van der Waals surface area contributed by atoms with Crippen LogP contribution in [-0.2, 0) is 0 Å². The molecule has 0 radical (unpaired) electrons. The van der Waals surface area contributed by atoms with E-state index in [4.69, 9.17) is 4.74 Å². The Morgan fingerprint density at radius 1 is 1.40 bits per heavy atom. The first-order chi connectivity index (χ1) is 9.48. The van der Waals surface area contributed by atoms with Crippen LogP contribution < -0.4 is 4.74 Å². The first kappa shape index (κ1) is 15.7. The van der Waals surface area contributed by atoms with E-state index in [9.17, 15) is 8.78 Å². The SMILES string of the molecule is Cc1c(Br)cccc1OCCCN1CCCC(F)(F)C1. The number of piperidine rings is 1. The summed E-state index contributed by atoms with van der Waals surface area (Å²) in [4.78, 5) is 1.83. The quantitative estimate of drug-likeness (QED) is 0.738. The smallest absolute Gasteiger partial charge is 0.260 e. The van der Waals surface area contributed by atoms with Crippen LogP contribution >= 0.6 is 15.9 Å². The van der Waals surface area contributed by atoms with Crippen LogP contribution in [0.25, 0.3) is 0 Å². The van der Waals surface area contributed by atoms with Crippen molar-refractivity contribution in [2.75, 3.05) is 26.2 Å². The standard InChI is InChI=1S/C15H20BrF2NO/c1-12-13(16)5-2-6-14(12)20-10-4-9-19-8-3-7-15(17,18)11-19/h2,5-6H,3-4,7-11H2,1H3. The zero-order valence-electron chi connectivity index (χ0n) is 11.7. The zero-order valence-corrected chi connectivity index (χ0v) is 13.3. The lowest BCUT2D eigenvalue weighted by Gasteiger charge is -2.32. The molecule has 0 N–H and O–H groups in total. The van der Waals surface area contributed by atoms with E-state index in [-0.39, 0.29) is 13.0 Å². The van der Waals surface area contributed by atoms with Crippen LogP contribution in [-0.4, -0.2) is 37.1 Å². The number of nitrogens with zero attached hydrogens (tertiary/aromatic N) is 1. The first-order valence-electron chi connectivity index (χ1n) is 6.96. The second-order valence-electron chi connectivity index (χ2n) is 5.30. The van der Waals surface area contributed by atoms with Crippen LogP contribution in [0, 0.1) is 6.92 Å². The Hall–Kier alpha value is -0.680. The Bertz CT molecular complexity index is 453. The van der Waals surface area contributed by atoms with Crippen molar-refractivity contribution < 1.29 is 13.5 Å². The summed E-state index contributed by atoms with van der Waals surface area (Å²) in [5, 5.41) is 0. The molecular formula is C15H20BrF2NO. The fraction of sp³-hybridized carbons (Fsp3) is 0.600. The van der Waals surface area contributed by atoms with E-state index in [0.29, 0.717) is 19.6 Å². The molecule has 0 saturated carbocycles. The molecule has 20 heavy (non-hydrogen) atoms. The molecule has 1 aliphatic heterocycles. The average molecular weight is 348 g/mol. The van der Waals surface area contributed by atoms with Crippen LogP contribution in [0.3, 0.4) is 0 Å². The van der Waals surface area contributed by atoms with Gasteiger partial charge in [0.1, 0.15) is 5.75 Å². The van der Waals surface area contributed by atoms with Crippen LogP contribution in [0.4, 0.5) is 8.78 Å². The fourth-order valence-corrected chi connectivity index (χ4v) is 2.80. The highest BCUT2D eigenvalue weighted by atomic mass is 79.9. The molecular weight excluding hydrogens is 328 g/mol. The van der Waals surface area contributed by atoms with Gasteiger partial charge < -0.3 is 4.74 Å². The predicted molar refractivity (Wildman–Crippen MR) is 79.6 cm³/mol. The molecule has 0 spiro atoms. The zero-order chi connectivity index (χ0) is 14.6. The maximum Gasteiger partial charge on any atom is 0.260 e. The summed E-state index contributed by atoms with van der Waals surface area (Å²) in [6.07, 6.45) is 1.37. The molecule has 0 unspecified atom stereocenters. The van der Waals surface area contributed by atoms with Crippen molar-refractivity contribution in [3.8, 4) is 5.75 Å². The summed E-state index contributed by atoms with van der Waals surface area (Å²) >= 11 is 3.46. The van der Waals surface area contributed by atoms with Gasteiger partial charge in [-0.3, -0.25) is 4.90 Å². The summed E-state index contributed by atoms with van der Waals surface area (Å²) in [6, 6.07) is 5.82. The molecule has 0 atom stereocenters. The Morgan fingerprint density at radius 2 is 2.20 bits per heavy atom. The van der Waals surface area contributed by atoms with Gasteiger partial charge in [0.05, 0.1) is 13.2 Å². The number of ether oxygens (including phenoxy) is 1. The summed E-state index contributed by atoms with van der Waals surface area (Å²) in [5.74, 6) is -1.66. The van der Waals surface area contributed by atoms with Crippen LogP contribution in [0.1, 0.15) is 24.8 Å². The Labute approximate surface area is 127 Å². The van der Waals surface area contributed by atoms with Gasteiger partial charge in [-0.1, -0.05) is 22.0 Å². The van der Waals surface area contributed by atoms with E-state index in [1.807, 2.05) is 30.0 Å². The fourth-order valence-electron chi connectivity index (χ4n) is 2.45. The van der Waals surface area contributed by atoms with Crippen LogP contribution in [0.2, 0.25) is 0 Å². The molecule has 2 rings (SSSR count). The lowest BCUT2D eigenvalue weighted by Crippen LogP contribution is -2.43. The second-order valence-corrected chi connectivity index (χ2v) is 6.15. The summed E-state index contributed by atoms with van der Waals surface area (Å²) < 4.78 is 33.2. The number of alkyl halides is 2. The first-order valence-corrected chi connectivity index (χ1v) is 7.75. The van der Waals surface area contributed by atoms with Gasteiger partial charge in [-0.15, -0.1) is 0 Å².